The Hall–Kier alpha value is -14.0. The van der Waals surface area contributed by atoms with Crippen LogP contribution in [0.1, 0.15) is 128 Å². The number of allylic oxidation sites excluding steroid dienone is 1. The summed E-state index contributed by atoms with van der Waals surface area (Å²) in [6.07, 6.45) is 0.224. The predicted octanol–water partition coefficient (Wildman–Crippen LogP) is 26.8. The number of furan rings is 2. The van der Waals surface area contributed by atoms with Crippen molar-refractivity contribution in [3.63, 3.8) is 0 Å². The van der Waals surface area contributed by atoms with Crippen LogP contribution < -0.4 is 42.0 Å². The first kappa shape index (κ1) is 76.6. The normalized spacial score (nSPS) is 17.7. The van der Waals surface area contributed by atoms with E-state index in [9.17, 15) is 0 Å². The average Bonchev–Trinajstić information content (AvgIpc) is 1.53. The molecular formula is C107H88N10O3S2. The zero-order chi connectivity index (χ0) is 82.2. The summed E-state index contributed by atoms with van der Waals surface area (Å²) in [7, 11) is 0. The van der Waals surface area contributed by atoms with E-state index < -0.39 is 0 Å². The van der Waals surface area contributed by atoms with Gasteiger partial charge in [0.1, 0.15) is 70.0 Å². The topological polar surface area (TPSA) is 158 Å². The number of benzene rings is 14. The van der Waals surface area contributed by atoms with Crippen LogP contribution in [0.3, 0.4) is 0 Å². The van der Waals surface area contributed by atoms with Gasteiger partial charge in [-0.2, -0.15) is 0 Å². The Balaban J connectivity index is 0.0000000978. The molecule has 10 heterocycles. The Labute approximate surface area is 716 Å². The van der Waals surface area contributed by atoms with Gasteiger partial charge in [-0.25, -0.2) is 9.97 Å². The van der Waals surface area contributed by atoms with E-state index in [-0.39, 0.29) is 42.7 Å². The van der Waals surface area contributed by atoms with Crippen molar-refractivity contribution >= 4 is 110 Å². The highest BCUT2D eigenvalue weighted by molar-refractivity contribution is 7.20. The Morgan fingerprint density at radius 1 is 0.352 bits per heavy atom. The fourth-order valence-electron chi connectivity index (χ4n) is 17.3. The number of aliphatic imine (C=N–C) groups is 1. The molecule has 5 aromatic heterocycles. The van der Waals surface area contributed by atoms with Gasteiger partial charge < -0.3 is 34.8 Å². The third-order valence-corrected chi connectivity index (χ3v) is 25.9. The summed E-state index contributed by atoms with van der Waals surface area (Å²) in [5.74, 6) is 4.61. The van der Waals surface area contributed by atoms with E-state index in [1.54, 1.807) is 0 Å². The smallest absolute Gasteiger partial charge is 0.180 e. The number of rotatable bonds is 8. The first-order valence-electron chi connectivity index (χ1n) is 41.5. The van der Waals surface area contributed by atoms with Gasteiger partial charge in [-0.3, -0.25) is 20.9 Å². The lowest BCUT2D eigenvalue weighted by molar-refractivity contribution is 0.324. The molecule has 0 amide bonds. The zero-order valence-corrected chi connectivity index (χ0v) is 69.6. The number of anilines is 3. The highest BCUT2D eigenvalue weighted by atomic mass is 32.1. The number of hydrogen-bond donors (Lipinski definition) is 7. The van der Waals surface area contributed by atoms with Gasteiger partial charge in [0.05, 0.1) is 56.5 Å². The monoisotopic (exact) mass is 1620 g/mol. The van der Waals surface area contributed by atoms with Gasteiger partial charge in [0, 0.05) is 42.1 Å². The van der Waals surface area contributed by atoms with Crippen LogP contribution in [0.15, 0.2) is 383 Å². The summed E-state index contributed by atoms with van der Waals surface area (Å²) < 4.78 is 21.0. The van der Waals surface area contributed by atoms with Crippen LogP contribution in [-0.4, -0.2) is 15.8 Å². The van der Waals surface area contributed by atoms with E-state index in [1.807, 2.05) is 115 Å². The number of thiophene rings is 2. The van der Waals surface area contributed by atoms with Crippen LogP contribution in [0, 0.1) is 20.8 Å². The second kappa shape index (κ2) is 33.6. The molecule has 0 bridgehead atoms. The van der Waals surface area contributed by atoms with Crippen molar-refractivity contribution < 1.29 is 13.6 Å². The molecule has 7 unspecified atom stereocenters. The van der Waals surface area contributed by atoms with E-state index in [2.05, 4.69) is 348 Å². The Morgan fingerprint density at radius 2 is 0.885 bits per heavy atom. The summed E-state index contributed by atoms with van der Waals surface area (Å²) in [5, 5.41) is 32.9. The second-order valence-electron chi connectivity index (χ2n) is 31.3. The van der Waals surface area contributed by atoms with Crippen molar-refractivity contribution in [1.82, 2.24) is 31.2 Å². The number of aryl methyl sites for hydroxylation is 3. The minimum absolute atomic E-state index is 0.00413. The first-order valence-corrected chi connectivity index (χ1v) is 43.1. The molecule has 0 saturated heterocycles. The molecule has 7 atom stereocenters. The first-order chi connectivity index (χ1) is 60.0. The lowest BCUT2D eigenvalue weighted by atomic mass is 9.96. The van der Waals surface area contributed by atoms with Crippen molar-refractivity contribution in [2.45, 2.75) is 77.3 Å². The number of amidine groups is 1. The zero-order valence-electron chi connectivity index (χ0n) is 68.0. The molecule has 0 spiro atoms. The molecule has 14 aromatic carbocycles. The van der Waals surface area contributed by atoms with E-state index in [0.717, 1.165) is 90.2 Å². The highest BCUT2D eigenvalue weighted by Crippen LogP contribution is 2.51. The minimum Gasteiger partial charge on any atom is -0.458 e. The van der Waals surface area contributed by atoms with Gasteiger partial charge in [-0.05, 0) is 143 Å². The molecule has 122 heavy (non-hydrogen) atoms. The third-order valence-electron chi connectivity index (χ3n) is 23.3. The largest absolute Gasteiger partial charge is 0.458 e. The van der Waals surface area contributed by atoms with E-state index >= 15 is 0 Å². The van der Waals surface area contributed by atoms with Gasteiger partial charge in [-0.15, -0.1) is 22.7 Å². The number of nitrogens with one attached hydrogen (secondary N) is 7. The molecule has 19 aromatic rings. The maximum absolute atomic E-state index is 6.35. The van der Waals surface area contributed by atoms with Gasteiger partial charge >= 0.3 is 0 Å². The summed E-state index contributed by atoms with van der Waals surface area (Å²) >= 11 is 3.74. The van der Waals surface area contributed by atoms with Crippen LogP contribution in [0.25, 0.3) is 86.4 Å². The minimum atomic E-state index is 0.00413. The SMILES string of the molecule is CC1=C2Oc3ccccc3C2NC(c2ccccc2)N1.CC1=NC(c2cccc(-c3ccc4ccccc4c3)c2)c2sc3ccccc3c2N1.Cc1cccc2c3c(oc12)C(c1ccccc1)NC(c1ccccc1)N3.Cc1cccc2c3c(sc12)C(c1ccccc1)NC(c1ccccc1)N3.Cc1nc(-c2ccccc2)c2oc3ccccc3c2n1. The molecule has 0 radical (unpaired) electrons. The number of fused-ring (bicyclic) bond motifs is 16. The number of ether oxygens (including phenoxy) is 1. The Bertz CT molecular complexity index is 6920. The molecule has 5 aliphatic heterocycles. The van der Waals surface area contributed by atoms with Crippen LogP contribution in [-0.2, 0) is 0 Å². The van der Waals surface area contributed by atoms with E-state index in [4.69, 9.17) is 18.6 Å². The Morgan fingerprint density at radius 3 is 1.60 bits per heavy atom. The van der Waals surface area contributed by atoms with E-state index in [1.165, 1.54) is 108 Å². The van der Waals surface area contributed by atoms with Crippen molar-refractivity contribution in [3.05, 3.63) is 441 Å². The van der Waals surface area contributed by atoms with Gasteiger partial charge in [0.15, 0.2) is 5.58 Å². The maximum atomic E-state index is 6.35. The standard InChI is InChI=1S/C27H20N2S.C23H20N2O.C23H20N2S.C17H16N2O.C17H12N2O/c1-17-28-25(27-26(29-17)23-11-4-5-12-24(23)30-27)22-10-6-9-20(16-22)21-14-13-18-7-2-3-8-19(18)15-21;2*1-15-9-8-14-18-20-22(26-21(15)18)19(16-10-4-2-5-11-16)24-23(25-20)17-12-6-3-7-13-17;1-11-16-15(13-9-5-6-10-14(13)20-16)19-17(18-11)12-7-3-2-4-8-12;1-11-18-15(12-7-3-2-4-8-12)17-16(19-11)13-9-5-6-10-14(13)20-17/h2-16,25H,1H3,(H,28,29);2*2-14,19,23-25H,1H3;2-10,15,17-19H,1H3;2-10H,1H3. The number of aromatic nitrogens is 2. The average molecular weight is 1630 g/mol. The van der Waals surface area contributed by atoms with Crippen LogP contribution >= 0.6 is 22.7 Å². The summed E-state index contributed by atoms with van der Waals surface area (Å²) in [6.45, 7) is 10.3. The third kappa shape index (κ3) is 15.2. The summed E-state index contributed by atoms with van der Waals surface area (Å²) in [6, 6.07) is 125. The summed E-state index contributed by atoms with van der Waals surface area (Å²) in [4.78, 5) is 16.8. The molecule has 0 saturated carbocycles. The van der Waals surface area contributed by atoms with Crippen LogP contribution in [0.5, 0.6) is 5.75 Å². The van der Waals surface area contributed by atoms with Crippen molar-refractivity contribution in [1.29, 1.82) is 0 Å². The van der Waals surface area contributed by atoms with Crippen LogP contribution in [0.4, 0.5) is 17.1 Å². The molecule has 7 N–H and O–H groups in total. The molecule has 15 heteroatoms. The van der Waals surface area contributed by atoms with Crippen molar-refractivity contribution in [3.8, 4) is 28.1 Å². The maximum Gasteiger partial charge on any atom is 0.180 e. The number of hydrogen-bond acceptors (Lipinski definition) is 15. The molecule has 0 aliphatic carbocycles. The molecule has 596 valence electrons. The van der Waals surface area contributed by atoms with Gasteiger partial charge in [0.2, 0.25) is 0 Å². The van der Waals surface area contributed by atoms with Gasteiger partial charge in [0.25, 0.3) is 0 Å². The number of nitrogens with zero attached hydrogens (tertiary/aromatic N) is 3. The van der Waals surface area contributed by atoms with Crippen molar-refractivity contribution in [2.75, 3.05) is 16.0 Å². The van der Waals surface area contributed by atoms with Gasteiger partial charge in [-0.1, -0.05) is 315 Å². The lowest BCUT2D eigenvalue weighted by Crippen LogP contribution is -2.41. The number of para-hydroxylation sites is 3. The molecular weight excluding hydrogens is 1540 g/mol. The molecule has 0 fully saturated rings. The fourth-order valence-corrected chi connectivity index (χ4v) is 19.8. The highest BCUT2D eigenvalue weighted by Gasteiger charge is 2.38. The Kier molecular flexibility index (Phi) is 21.1. The molecule has 24 rings (SSSR count). The quantitative estimate of drug-likeness (QED) is 0.0774. The summed E-state index contributed by atoms with van der Waals surface area (Å²) in [5.41, 5.74) is 23.6. The van der Waals surface area contributed by atoms with E-state index in [0.29, 0.717) is 0 Å². The fraction of sp³-hybridized carbons (Fsp3) is 0.112. The lowest BCUT2D eigenvalue weighted by Gasteiger charge is -2.33. The molecule has 5 aliphatic rings. The second-order valence-corrected chi connectivity index (χ2v) is 33.5. The van der Waals surface area contributed by atoms with Crippen LogP contribution in [0.2, 0.25) is 0 Å². The predicted molar refractivity (Wildman–Crippen MR) is 503 cm³/mol. The van der Waals surface area contributed by atoms with Crippen molar-refractivity contribution in [2.24, 2.45) is 4.99 Å². The molecule has 13 nitrogen and oxygen atoms in total.